The van der Waals surface area contributed by atoms with Crippen LogP contribution in [0.25, 0.3) is 0 Å². The van der Waals surface area contributed by atoms with Crippen LogP contribution in [0.2, 0.25) is 0 Å². The highest BCUT2D eigenvalue weighted by molar-refractivity contribution is 5.14. The van der Waals surface area contributed by atoms with Crippen molar-refractivity contribution in [2.75, 3.05) is 7.11 Å². The summed E-state index contributed by atoms with van der Waals surface area (Å²) in [4.78, 5) is 7.23. The molecule has 0 saturated heterocycles. The molecule has 1 aromatic heterocycles. The van der Waals surface area contributed by atoms with E-state index in [9.17, 15) is 0 Å². The number of hydrogen-bond donors (Lipinski definition) is 2. The summed E-state index contributed by atoms with van der Waals surface area (Å²) < 4.78 is 4.93. The molecule has 1 unspecified atom stereocenters. The first-order valence-electron chi connectivity index (χ1n) is 3.46. The molecule has 0 bridgehead atoms. The van der Waals surface area contributed by atoms with Gasteiger partial charge in [-0.2, -0.15) is 0 Å². The highest BCUT2D eigenvalue weighted by Gasteiger charge is 2.10. The van der Waals surface area contributed by atoms with Crippen molar-refractivity contribution in [2.24, 2.45) is 5.73 Å². The lowest BCUT2D eigenvalue weighted by molar-refractivity contribution is 0.105. The Bertz CT molecular complexity index is 244. The van der Waals surface area contributed by atoms with Crippen molar-refractivity contribution in [2.45, 2.75) is 20.1 Å². The number of H-pyrrole nitrogens is 1. The first kappa shape index (κ1) is 8.23. The maximum absolute atomic E-state index is 5.60. The van der Waals surface area contributed by atoms with Crippen molar-refractivity contribution >= 4 is 0 Å². The predicted molar refractivity (Wildman–Crippen MR) is 42.0 cm³/mol. The van der Waals surface area contributed by atoms with Crippen LogP contribution in [0.15, 0.2) is 0 Å². The van der Waals surface area contributed by atoms with E-state index in [0.717, 1.165) is 17.2 Å². The Morgan fingerprint density at radius 1 is 1.55 bits per heavy atom. The average Bonchev–Trinajstić information content (AvgIpc) is 2.28. The number of nitrogens with two attached hydrogens (primary N) is 1. The molecule has 4 nitrogen and oxygen atoms in total. The van der Waals surface area contributed by atoms with Crippen molar-refractivity contribution in [1.82, 2.24) is 9.97 Å². The molecule has 0 aliphatic rings. The van der Waals surface area contributed by atoms with E-state index in [1.165, 1.54) is 0 Å². The van der Waals surface area contributed by atoms with E-state index in [4.69, 9.17) is 10.5 Å². The minimum atomic E-state index is -0.417. The Balaban J connectivity index is 2.93. The average molecular weight is 155 g/mol. The zero-order valence-electron chi connectivity index (χ0n) is 7.01. The van der Waals surface area contributed by atoms with Crippen molar-refractivity contribution in [3.63, 3.8) is 0 Å². The maximum Gasteiger partial charge on any atom is 0.150 e. The van der Waals surface area contributed by atoms with Gasteiger partial charge in [0, 0.05) is 12.8 Å². The number of nitrogens with one attached hydrogen (secondary N) is 1. The van der Waals surface area contributed by atoms with E-state index in [1.54, 1.807) is 7.11 Å². The molecule has 0 amide bonds. The van der Waals surface area contributed by atoms with Crippen molar-refractivity contribution in [3.05, 3.63) is 17.2 Å². The van der Waals surface area contributed by atoms with Gasteiger partial charge in [0.2, 0.25) is 0 Å². The largest absolute Gasteiger partial charge is 0.361 e. The smallest absolute Gasteiger partial charge is 0.150 e. The Labute approximate surface area is 65.8 Å². The van der Waals surface area contributed by atoms with Gasteiger partial charge in [0.1, 0.15) is 17.7 Å². The zero-order valence-corrected chi connectivity index (χ0v) is 7.01. The molecule has 1 atom stereocenters. The molecule has 11 heavy (non-hydrogen) atoms. The third-order valence-corrected chi connectivity index (χ3v) is 1.56. The van der Waals surface area contributed by atoms with E-state index in [2.05, 4.69) is 9.97 Å². The van der Waals surface area contributed by atoms with Gasteiger partial charge in [-0.1, -0.05) is 0 Å². The summed E-state index contributed by atoms with van der Waals surface area (Å²) in [5.41, 5.74) is 7.36. The van der Waals surface area contributed by atoms with Gasteiger partial charge in [-0.05, 0) is 13.8 Å². The molecule has 3 N–H and O–H groups in total. The molecular formula is C7H13N3O. The van der Waals surface area contributed by atoms with E-state index in [0.29, 0.717) is 0 Å². The Morgan fingerprint density at radius 3 is 2.55 bits per heavy atom. The lowest BCUT2D eigenvalue weighted by Gasteiger charge is -2.05. The van der Waals surface area contributed by atoms with Gasteiger partial charge < -0.3 is 15.5 Å². The lowest BCUT2D eigenvalue weighted by Crippen LogP contribution is -2.13. The second kappa shape index (κ2) is 3.02. The number of aromatic amines is 1. The number of hydrogen-bond acceptors (Lipinski definition) is 3. The summed E-state index contributed by atoms with van der Waals surface area (Å²) in [7, 11) is 1.56. The normalized spacial score (nSPS) is 13.5. The molecule has 0 radical (unpaired) electrons. The summed E-state index contributed by atoms with van der Waals surface area (Å²) in [6.45, 7) is 3.81. The molecule has 0 aromatic carbocycles. The van der Waals surface area contributed by atoms with Gasteiger partial charge in [-0.25, -0.2) is 4.98 Å². The third kappa shape index (κ3) is 1.58. The van der Waals surface area contributed by atoms with Crippen LogP contribution in [0.3, 0.4) is 0 Å². The van der Waals surface area contributed by atoms with Crippen LogP contribution in [0, 0.1) is 13.8 Å². The molecular weight excluding hydrogens is 142 g/mol. The number of rotatable bonds is 2. The van der Waals surface area contributed by atoms with E-state index in [-0.39, 0.29) is 0 Å². The molecule has 1 rings (SSSR count). The van der Waals surface area contributed by atoms with Crippen LogP contribution in [-0.4, -0.2) is 17.1 Å². The van der Waals surface area contributed by atoms with Crippen LogP contribution in [-0.2, 0) is 4.74 Å². The third-order valence-electron chi connectivity index (χ3n) is 1.56. The van der Waals surface area contributed by atoms with Gasteiger partial charge in [0.15, 0.2) is 0 Å². The van der Waals surface area contributed by atoms with Gasteiger partial charge in [-0.15, -0.1) is 0 Å². The van der Waals surface area contributed by atoms with Crippen LogP contribution >= 0.6 is 0 Å². The fraction of sp³-hybridized carbons (Fsp3) is 0.571. The molecule has 62 valence electrons. The van der Waals surface area contributed by atoms with Crippen LogP contribution in [0.5, 0.6) is 0 Å². The molecule has 4 heteroatoms. The Hall–Kier alpha value is -0.870. The predicted octanol–water partition coefficient (Wildman–Crippen LogP) is 0.630. The zero-order chi connectivity index (χ0) is 8.43. The monoisotopic (exact) mass is 155 g/mol. The molecule has 0 fully saturated rings. The fourth-order valence-corrected chi connectivity index (χ4v) is 1.02. The second-order valence-electron chi connectivity index (χ2n) is 2.49. The molecule has 0 aliphatic carbocycles. The first-order valence-corrected chi connectivity index (χ1v) is 3.46. The van der Waals surface area contributed by atoms with Gasteiger partial charge in [0.05, 0.1) is 0 Å². The summed E-state index contributed by atoms with van der Waals surface area (Å²) in [6.07, 6.45) is -0.417. The molecule has 1 heterocycles. The van der Waals surface area contributed by atoms with Crippen LogP contribution < -0.4 is 5.73 Å². The highest BCUT2D eigenvalue weighted by atomic mass is 16.5. The van der Waals surface area contributed by atoms with E-state index < -0.39 is 6.23 Å². The van der Waals surface area contributed by atoms with Gasteiger partial charge in [0.25, 0.3) is 0 Å². The topological polar surface area (TPSA) is 63.9 Å². The lowest BCUT2D eigenvalue weighted by atomic mass is 10.3. The number of methoxy groups -OCH3 is 1. The number of aromatic nitrogens is 2. The van der Waals surface area contributed by atoms with E-state index in [1.807, 2.05) is 13.8 Å². The summed E-state index contributed by atoms with van der Waals surface area (Å²) in [5, 5.41) is 0. The van der Waals surface area contributed by atoms with Crippen LogP contribution in [0.1, 0.15) is 23.4 Å². The van der Waals surface area contributed by atoms with Crippen molar-refractivity contribution < 1.29 is 4.74 Å². The Morgan fingerprint density at radius 2 is 2.18 bits per heavy atom. The summed E-state index contributed by atoms with van der Waals surface area (Å²) >= 11 is 0. The maximum atomic E-state index is 5.60. The number of nitrogens with zero attached hydrogens (tertiary/aromatic N) is 1. The molecule has 0 spiro atoms. The quantitative estimate of drug-likeness (QED) is 0.616. The molecule has 0 aliphatic heterocycles. The highest BCUT2D eigenvalue weighted by Crippen LogP contribution is 2.12. The minimum absolute atomic E-state index is 0.417. The first-order chi connectivity index (χ1) is 5.15. The molecule has 0 saturated carbocycles. The van der Waals surface area contributed by atoms with Crippen molar-refractivity contribution in [1.29, 1.82) is 0 Å². The van der Waals surface area contributed by atoms with Gasteiger partial charge in [-0.3, -0.25) is 0 Å². The van der Waals surface area contributed by atoms with Crippen molar-refractivity contribution in [3.8, 4) is 0 Å². The summed E-state index contributed by atoms with van der Waals surface area (Å²) in [5.74, 6) is 0.866. The number of imidazole rings is 1. The standard InChI is InChI=1S/C7H13N3O/c1-4-6(7(8)11-3)10-5(2)9-4/h7H,8H2,1-3H3,(H,9,10). The summed E-state index contributed by atoms with van der Waals surface area (Å²) in [6, 6.07) is 0. The second-order valence-corrected chi connectivity index (χ2v) is 2.49. The van der Waals surface area contributed by atoms with Crippen LogP contribution in [0.4, 0.5) is 0 Å². The fourth-order valence-electron chi connectivity index (χ4n) is 1.02. The minimum Gasteiger partial charge on any atom is -0.361 e. The molecule has 1 aromatic rings. The Kier molecular flexibility index (Phi) is 2.26. The SMILES string of the molecule is COC(N)c1nc(C)[nH]c1C. The number of ether oxygens (including phenoxy) is 1. The van der Waals surface area contributed by atoms with Gasteiger partial charge >= 0.3 is 0 Å². The number of aryl methyl sites for hydroxylation is 2. The van der Waals surface area contributed by atoms with E-state index >= 15 is 0 Å².